The lowest BCUT2D eigenvalue weighted by Gasteiger charge is -2.21. The minimum atomic E-state index is 0.740. The molecule has 3 aromatic heterocycles. The van der Waals surface area contributed by atoms with E-state index in [2.05, 4.69) is 48.0 Å². The van der Waals surface area contributed by atoms with Crippen molar-refractivity contribution < 1.29 is 0 Å². The molecule has 0 aromatic carbocycles. The van der Waals surface area contributed by atoms with Gasteiger partial charge in [0.15, 0.2) is 4.96 Å². The van der Waals surface area contributed by atoms with E-state index in [-0.39, 0.29) is 0 Å². The number of imidazole rings is 1. The zero-order chi connectivity index (χ0) is 16.1. The molecule has 3 aromatic rings. The lowest BCUT2D eigenvalue weighted by molar-refractivity contribution is 0.305. The van der Waals surface area contributed by atoms with E-state index in [4.69, 9.17) is 4.98 Å². The normalized spacial score (nSPS) is 24.1. The molecule has 2 unspecified atom stereocenters. The second-order valence-electron chi connectivity index (χ2n) is 6.96. The highest BCUT2D eigenvalue weighted by Crippen LogP contribution is 2.33. The molecule has 2 fully saturated rings. The van der Waals surface area contributed by atoms with Crippen molar-refractivity contribution in [1.82, 2.24) is 24.3 Å². The second-order valence-corrected chi connectivity index (χ2v) is 7.83. The van der Waals surface area contributed by atoms with E-state index in [0.29, 0.717) is 0 Å². The Morgan fingerprint density at radius 2 is 2.00 bits per heavy atom. The molecule has 5 rings (SSSR count). The highest BCUT2D eigenvalue weighted by molar-refractivity contribution is 7.15. The van der Waals surface area contributed by atoms with Gasteiger partial charge in [-0.3, -0.25) is 9.30 Å². The summed E-state index contributed by atoms with van der Waals surface area (Å²) in [6.45, 7) is 7.53. The molecule has 2 saturated heterocycles. The third-order valence-corrected chi connectivity index (χ3v) is 5.97. The van der Waals surface area contributed by atoms with Crippen molar-refractivity contribution in [3.8, 4) is 0 Å². The van der Waals surface area contributed by atoms with Gasteiger partial charge in [-0.1, -0.05) is 0 Å². The van der Waals surface area contributed by atoms with E-state index in [0.717, 1.165) is 61.0 Å². The summed E-state index contributed by atoms with van der Waals surface area (Å²) in [5.41, 5.74) is 2.23. The fourth-order valence-corrected chi connectivity index (χ4v) is 4.82. The summed E-state index contributed by atoms with van der Waals surface area (Å²) < 4.78 is 2.12. The molecular weight excluding hydrogens is 320 g/mol. The summed E-state index contributed by atoms with van der Waals surface area (Å²) in [5.74, 6) is 2.56. The zero-order valence-corrected chi connectivity index (χ0v) is 14.5. The molecule has 0 spiro atoms. The van der Waals surface area contributed by atoms with Gasteiger partial charge in [-0.05, 0) is 18.8 Å². The fourth-order valence-electron chi connectivity index (χ4n) is 4.10. The molecule has 0 aliphatic carbocycles. The van der Waals surface area contributed by atoms with Crippen LogP contribution in [0.1, 0.15) is 11.4 Å². The van der Waals surface area contributed by atoms with Crippen molar-refractivity contribution in [3.63, 3.8) is 0 Å². The van der Waals surface area contributed by atoms with E-state index >= 15 is 0 Å². The van der Waals surface area contributed by atoms with Gasteiger partial charge < -0.3 is 4.90 Å². The Hall–Kier alpha value is -1.99. The molecule has 24 heavy (non-hydrogen) atoms. The van der Waals surface area contributed by atoms with Crippen LogP contribution < -0.4 is 4.90 Å². The maximum Gasteiger partial charge on any atom is 0.193 e. The van der Waals surface area contributed by atoms with Crippen molar-refractivity contribution in [3.05, 3.63) is 41.6 Å². The monoisotopic (exact) mass is 340 g/mol. The van der Waals surface area contributed by atoms with Gasteiger partial charge in [-0.2, -0.15) is 0 Å². The van der Waals surface area contributed by atoms with Crippen LogP contribution in [0.5, 0.6) is 0 Å². The van der Waals surface area contributed by atoms with Crippen molar-refractivity contribution in [2.24, 2.45) is 11.8 Å². The van der Waals surface area contributed by atoms with E-state index < -0.39 is 0 Å². The molecule has 0 N–H and O–H groups in total. The van der Waals surface area contributed by atoms with E-state index in [1.54, 1.807) is 17.7 Å². The van der Waals surface area contributed by atoms with Crippen LogP contribution in [-0.4, -0.2) is 50.4 Å². The summed E-state index contributed by atoms with van der Waals surface area (Å²) in [4.78, 5) is 19.4. The summed E-state index contributed by atoms with van der Waals surface area (Å²) in [5, 5.41) is 2.08. The van der Waals surface area contributed by atoms with Crippen molar-refractivity contribution in [2.75, 3.05) is 31.1 Å². The second kappa shape index (κ2) is 5.53. The number of aryl methyl sites for hydroxylation is 1. The fraction of sp³-hybridized carbons (Fsp3) is 0.471. The van der Waals surface area contributed by atoms with Gasteiger partial charge in [0, 0.05) is 62.3 Å². The van der Waals surface area contributed by atoms with E-state index in [1.807, 2.05) is 6.92 Å². The van der Waals surface area contributed by atoms with Crippen LogP contribution in [-0.2, 0) is 6.54 Å². The summed E-state index contributed by atoms with van der Waals surface area (Å²) in [6.07, 6.45) is 5.92. The SMILES string of the molecule is Cc1cc(N2CC3CN(Cc4cn5ccsc5n4)CC3C2)ncn1. The number of anilines is 1. The number of hydrogen-bond donors (Lipinski definition) is 0. The van der Waals surface area contributed by atoms with Gasteiger partial charge in [-0.15, -0.1) is 11.3 Å². The van der Waals surface area contributed by atoms with Gasteiger partial charge >= 0.3 is 0 Å². The van der Waals surface area contributed by atoms with Gasteiger partial charge in [0.05, 0.1) is 5.69 Å². The molecule has 0 radical (unpaired) electrons. The minimum Gasteiger partial charge on any atom is -0.356 e. The Balaban J connectivity index is 1.24. The Bertz CT molecular complexity index is 828. The number of aromatic nitrogens is 4. The largest absolute Gasteiger partial charge is 0.356 e. The lowest BCUT2D eigenvalue weighted by atomic mass is 10.0. The number of rotatable bonds is 3. The number of fused-ring (bicyclic) bond motifs is 2. The third kappa shape index (κ3) is 2.48. The predicted octanol–water partition coefficient (Wildman–Crippen LogP) is 2.06. The Kier molecular flexibility index (Phi) is 3.31. The van der Waals surface area contributed by atoms with Gasteiger partial charge in [-0.25, -0.2) is 15.0 Å². The zero-order valence-electron chi connectivity index (χ0n) is 13.7. The molecule has 7 heteroatoms. The Morgan fingerprint density at radius 3 is 2.75 bits per heavy atom. The smallest absolute Gasteiger partial charge is 0.193 e. The number of thiazole rings is 1. The highest BCUT2D eigenvalue weighted by atomic mass is 32.1. The summed E-state index contributed by atoms with van der Waals surface area (Å²) in [7, 11) is 0. The maximum absolute atomic E-state index is 4.71. The molecule has 2 aliphatic rings. The van der Waals surface area contributed by atoms with Crippen LogP contribution in [0, 0.1) is 18.8 Å². The Morgan fingerprint density at radius 1 is 1.17 bits per heavy atom. The number of hydrogen-bond acceptors (Lipinski definition) is 6. The topological polar surface area (TPSA) is 49.6 Å². The summed E-state index contributed by atoms with van der Waals surface area (Å²) in [6, 6.07) is 2.09. The Labute approximate surface area is 144 Å². The lowest BCUT2D eigenvalue weighted by Crippen LogP contribution is -2.29. The van der Waals surface area contributed by atoms with Crippen LogP contribution in [0.3, 0.4) is 0 Å². The van der Waals surface area contributed by atoms with Gasteiger partial charge in [0.25, 0.3) is 0 Å². The molecule has 0 amide bonds. The van der Waals surface area contributed by atoms with Crippen molar-refractivity contribution in [1.29, 1.82) is 0 Å². The first kappa shape index (κ1) is 14.4. The predicted molar refractivity (Wildman–Crippen MR) is 94.3 cm³/mol. The summed E-state index contributed by atoms with van der Waals surface area (Å²) >= 11 is 1.70. The first-order valence-electron chi connectivity index (χ1n) is 8.41. The van der Waals surface area contributed by atoms with Crippen LogP contribution in [0.2, 0.25) is 0 Å². The van der Waals surface area contributed by atoms with Gasteiger partial charge in [0.2, 0.25) is 0 Å². The molecule has 2 aliphatic heterocycles. The van der Waals surface area contributed by atoms with E-state index in [9.17, 15) is 0 Å². The maximum atomic E-state index is 4.71. The molecule has 124 valence electrons. The average molecular weight is 340 g/mol. The molecule has 0 saturated carbocycles. The molecular formula is C17H20N6S. The average Bonchev–Trinajstić information content (AvgIpc) is 3.26. The van der Waals surface area contributed by atoms with Crippen LogP contribution in [0.4, 0.5) is 5.82 Å². The van der Waals surface area contributed by atoms with Gasteiger partial charge in [0.1, 0.15) is 12.1 Å². The quantitative estimate of drug-likeness (QED) is 0.730. The molecule has 5 heterocycles. The van der Waals surface area contributed by atoms with E-state index in [1.165, 1.54) is 5.69 Å². The van der Waals surface area contributed by atoms with Crippen LogP contribution in [0.15, 0.2) is 30.2 Å². The third-order valence-electron chi connectivity index (χ3n) is 5.20. The number of likely N-dealkylation sites (tertiary alicyclic amines) is 1. The highest BCUT2D eigenvalue weighted by Gasteiger charge is 2.40. The van der Waals surface area contributed by atoms with Crippen molar-refractivity contribution >= 4 is 22.1 Å². The van der Waals surface area contributed by atoms with Crippen molar-refractivity contribution in [2.45, 2.75) is 13.5 Å². The minimum absolute atomic E-state index is 0.740. The molecule has 6 nitrogen and oxygen atoms in total. The standard InChI is InChI=1S/C17H20N6S/c1-12-4-16(19-11-18-12)23-7-13-5-21(6-14(13)8-23)9-15-10-22-2-3-24-17(22)20-15/h2-4,10-11,13-14H,5-9H2,1H3. The first-order valence-corrected chi connectivity index (χ1v) is 9.29. The number of nitrogens with zero attached hydrogens (tertiary/aromatic N) is 6. The molecule has 0 bridgehead atoms. The van der Waals surface area contributed by atoms with Crippen LogP contribution >= 0.6 is 11.3 Å². The van der Waals surface area contributed by atoms with Crippen LogP contribution in [0.25, 0.3) is 4.96 Å². The first-order chi connectivity index (χ1) is 11.7. The molecule has 2 atom stereocenters.